The highest BCUT2D eigenvalue weighted by Crippen LogP contribution is 2.23. The molecule has 0 unspecified atom stereocenters. The zero-order valence-electron chi connectivity index (χ0n) is 11.5. The van der Waals surface area contributed by atoms with Crippen LogP contribution in [0.1, 0.15) is 25.0 Å². The summed E-state index contributed by atoms with van der Waals surface area (Å²) in [5, 5.41) is 20.1. The van der Waals surface area contributed by atoms with Crippen molar-refractivity contribution in [2.24, 2.45) is 0 Å². The standard InChI is InChI=1S/C12H16BrFN2O.C2H4/c1-7-4-8(11(13)15)10(5-9(7)14)16-6-12(2,3)17;1-2/h4-5,15-17H,6H2,1-3H3;1-2H2. The molecule has 0 bridgehead atoms. The van der Waals surface area contributed by atoms with Crippen LogP contribution >= 0.6 is 15.9 Å². The maximum Gasteiger partial charge on any atom is 0.128 e. The van der Waals surface area contributed by atoms with Gasteiger partial charge < -0.3 is 10.4 Å². The summed E-state index contributed by atoms with van der Waals surface area (Å²) in [6.07, 6.45) is 0. The van der Waals surface area contributed by atoms with E-state index in [0.29, 0.717) is 16.8 Å². The Kier molecular flexibility index (Phi) is 6.94. The second-order valence-corrected chi connectivity index (χ2v) is 5.42. The molecule has 5 heteroatoms. The van der Waals surface area contributed by atoms with Crippen molar-refractivity contribution in [1.82, 2.24) is 0 Å². The van der Waals surface area contributed by atoms with Gasteiger partial charge in [-0.05, 0) is 54.4 Å². The summed E-state index contributed by atoms with van der Waals surface area (Å²) in [5.41, 5.74) is 0.663. The Morgan fingerprint density at radius 2 is 2.00 bits per heavy atom. The van der Waals surface area contributed by atoms with Gasteiger partial charge in [-0.25, -0.2) is 4.39 Å². The van der Waals surface area contributed by atoms with Crippen molar-refractivity contribution >= 4 is 26.2 Å². The van der Waals surface area contributed by atoms with E-state index in [4.69, 9.17) is 5.41 Å². The monoisotopic (exact) mass is 330 g/mol. The molecule has 0 aliphatic carbocycles. The van der Waals surface area contributed by atoms with Crippen LogP contribution < -0.4 is 5.32 Å². The van der Waals surface area contributed by atoms with Gasteiger partial charge in [-0.15, -0.1) is 13.2 Å². The summed E-state index contributed by atoms with van der Waals surface area (Å²) in [6.45, 7) is 11.2. The summed E-state index contributed by atoms with van der Waals surface area (Å²) < 4.78 is 13.6. The quantitative estimate of drug-likeness (QED) is 0.580. The number of aryl methyl sites for hydroxylation is 1. The van der Waals surface area contributed by atoms with Crippen molar-refractivity contribution in [3.05, 3.63) is 42.2 Å². The summed E-state index contributed by atoms with van der Waals surface area (Å²) in [5.74, 6) is -0.333. The summed E-state index contributed by atoms with van der Waals surface area (Å²) in [4.78, 5) is 0. The van der Waals surface area contributed by atoms with E-state index in [-0.39, 0.29) is 17.0 Å². The Labute approximate surface area is 122 Å². The Hall–Kier alpha value is -1.20. The minimum absolute atomic E-state index is 0.179. The van der Waals surface area contributed by atoms with Gasteiger partial charge in [-0.2, -0.15) is 0 Å². The number of aliphatic hydroxyl groups is 1. The average Bonchev–Trinajstić information content (AvgIpc) is 2.31. The van der Waals surface area contributed by atoms with Gasteiger partial charge in [0, 0.05) is 17.8 Å². The third-order valence-electron chi connectivity index (χ3n) is 2.25. The number of benzene rings is 1. The van der Waals surface area contributed by atoms with Gasteiger partial charge in [-0.3, -0.25) is 5.41 Å². The molecule has 0 aliphatic heterocycles. The van der Waals surface area contributed by atoms with Crippen molar-refractivity contribution in [3.8, 4) is 0 Å². The average molecular weight is 331 g/mol. The Bertz CT molecular complexity index is 455. The molecule has 0 amide bonds. The zero-order chi connectivity index (χ0) is 15.2. The highest BCUT2D eigenvalue weighted by Gasteiger charge is 2.15. The van der Waals surface area contributed by atoms with Crippen LogP contribution in [0, 0.1) is 18.2 Å². The van der Waals surface area contributed by atoms with Crippen LogP contribution in [0.4, 0.5) is 10.1 Å². The van der Waals surface area contributed by atoms with Crippen LogP contribution in [-0.2, 0) is 0 Å². The van der Waals surface area contributed by atoms with E-state index in [1.807, 2.05) is 0 Å². The van der Waals surface area contributed by atoms with E-state index < -0.39 is 5.60 Å². The topological polar surface area (TPSA) is 56.1 Å². The molecule has 3 nitrogen and oxygen atoms in total. The van der Waals surface area contributed by atoms with Gasteiger partial charge in [-0.1, -0.05) is 0 Å². The van der Waals surface area contributed by atoms with E-state index in [9.17, 15) is 9.50 Å². The highest BCUT2D eigenvalue weighted by molar-refractivity contribution is 9.18. The van der Waals surface area contributed by atoms with Crippen LogP contribution in [0.5, 0.6) is 0 Å². The van der Waals surface area contributed by atoms with E-state index in [1.54, 1.807) is 26.8 Å². The van der Waals surface area contributed by atoms with Crippen LogP contribution in [-0.4, -0.2) is 21.9 Å². The molecule has 0 aliphatic rings. The van der Waals surface area contributed by atoms with Crippen molar-refractivity contribution in [1.29, 1.82) is 5.41 Å². The van der Waals surface area contributed by atoms with Gasteiger partial charge in [0.15, 0.2) is 0 Å². The van der Waals surface area contributed by atoms with Gasteiger partial charge in [0.1, 0.15) is 10.4 Å². The molecule has 1 rings (SSSR count). The zero-order valence-corrected chi connectivity index (χ0v) is 13.1. The van der Waals surface area contributed by atoms with Gasteiger partial charge in [0.05, 0.1) is 5.60 Å². The maximum absolute atomic E-state index is 13.5. The van der Waals surface area contributed by atoms with Gasteiger partial charge >= 0.3 is 0 Å². The molecule has 0 saturated heterocycles. The predicted octanol–water partition coefficient (Wildman–Crippen LogP) is 3.84. The van der Waals surface area contributed by atoms with Crippen LogP contribution in [0.3, 0.4) is 0 Å². The largest absolute Gasteiger partial charge is 0.389 e. The normalized spacial score (nSPS) is 10.4. The van der Waals surface area contributed by atoms with E-state index >= 15 is 0 Å². The number of hydrogen-bond donors (Lipinski definition) is 3. The van der Waals surface area contributed by atoms with Crippen molar-refractivity contribution in [2.75, 3.05) is 11.9 Å². The van der Waals surface area contributed by atoms with Crippen LogP contribution in [0.25, 0.3) is 0 Å². The number of rotatable bonds is 4. The van der Waals surface area contributed by atoms with Gasteiger partial charge in [0.2, 0.25) is 0 Å². The maximum atomic E-state index is 13.5. The van der Waals surface area contributed by atoms with E-state index in [2.05, 4.69) is 34.4 Å². The fourth-order valence-electron chi connectivity index (χ4n) is 1.32. The molecular formula is C14H20BrFN2O. The first-order valence-corrected chi connectivity index (χ1v) is 6.51. The fourth-order valence-corrected chi connectivity index (χ4v) is 1.65. The molecule has 0 aromatic heterocycles. The first-order valence-electron chi connectivity index (χ1n) is 5.71. The molecule has 19 heavy (non-hydrogen) atoms. The molecular weight excluding hydrogens is 311 g/mol. The third-order valence-corrected chi connectivity index (χ3v) is 2.67. The minimum atomic E-state index is -0.896. The number of nitrogens with one attached hydrogen (secondary N) is 2. The predicted molar refractivity (Wildman–Crippen MR) is 82.9 cm³/mol. The molecule has 0 spiro atoms. The summed E-state index contributed by atoms with van der Waals surface area (Å²) in [6, 6.07) is 2.94. The molecule has 0 saturated carbocycles. The Balaban J connectivity index is 0.00000154. The summed E-state index contributed by atoms with van der Waals surface area (Å²) in [7, 11) is 0. The molecule has 3 N–H and O–H groups in total. The second-order valence-electron chi connectivity index (χ2n) is 4.63. The number of anilines is 1. The van der Waals surface area contributed by atoms with Crippen molar-refractivity contribution in [3.63, 3.8) is 0 Å². The number of halogens is 2. The highest BCUT2D eigenvalue weighted by atomic mass is 79.9. The first kappa shape index (κ1) is 17.8. The molecule has 0 heterocycles. The van der Waals surface area contributed by atoms with E-state index in [1.165, 1.54) is 6.07 Å². The molecule has 0 radical (unpaired) electrons. The second kappa shape index (κ2) is 7.40. The molecule has 1 aromatic carbocycles. The van der Waals surface area contributed by atoms with Gasteiger partial charge in [0.25, 0.3) is 0 Å². The Morgan fingerprint density at radius 1 is 1.47 bits per heavy atom. The summed E-state index contributed by atoms with van der Waals surface area (Å²) >= 11 is 3.07. The van der Waals surface area contributed by atoms with Crippen LogP contribution in [0.15, 0.2) is 25.3 Å². The van der Waals surface area contributed by atoms with Crippen molar-refractivity contribution < 1.29 is 9.50 Å². The smallest absolute Gasteiger partial charge is 0.128 e. The SMILES string of the molecule is C=C.Cc1cc(C(=N)Br)c(NCC(C)(C)O)cc1F. The number of hydrogen-bond acceptors (Lipinski definition) is 3. The first-order chi connectivity index (χ1) is 8.70. The lowest BCUT2D eigenvalue weighted by atomic mass is 10.1. The van der Waals surface area contributed by atoms with Crippen molar-refractivity contribution in [2.45, 2.75) is 26.4 Å². The van der Waals surface area contributed by atoms with E-state index in [0.717, 1.165) is 0 Å². The lowest BCUT2D eigenvalue weighted by Crippen LogP contribution is -2.29. The molecule has 0 fully saturated rings. The lowest BCUT2D eigenvalue weighted by Gasteiger charge is -2.20. The Morgan fingerprint density at radius 3 is 2.42 bits per heavy atom. The molecule has 106 valence electrons. The molecule has 1 aromatic rings. The fraction of sp³-hybridized carbons (Fsp3) is 0.357. The minimum Gasteiger partial charge on any atom is -0.389 e. The lowest BCUT2D eigenvalue weighted by molar-refractivity contribution is 0.0945. The molecule has 0 atom stereocenters. The van der Waals surface area contributed by atoms with Crippen LogP contribution in [0.2, 0.25) is 0 Å². The third kappa shape index (κ3) is 5.98.